The van der Waals surface area contributed by atoms with Crippen molar-refractivity contribution in [2.24, 2.45) is 16.0 Å². The van der Waals surface area contributed by atoms with E-state index in [-0.39, 0.29) is 9.97 Å². The summed E-state index contributed by atoms with van der Waals surface area (Å²) in [5.41, 5.74) is 1.99. The van der Waals surface area contributed by atoms with Crippen molar-refractivity contribution < 1.29 is 0 Å². The molecule has 6 nitrogen and oxygen atoms in total. The van der Waals surface area contributed by atoms with Crippen LogP contribution in [0.5, 0.6) is 0 Å². The van der Waals surface area contributed by atoms with E-state index < -0.39 is 0 Å². The van der Waals surface area contributed by atoms with Crippen molar-refractivity contribution in [3.05, 3.63) is 17.8 Å². The van der Waals surface area contributed by atoms with Gasteiger partial charge in [0.15, 0.2) is 0 Å². The van der Waals surface area contributed by atoms with Crippen molar-refractivity contribution in [3.8, 4) is 18.0 Å². The average Bonchev–Trinajstić information content (AvgIpc) is 2.89. The minimum Gasteiger partial charge on any atom is -0.352 e. The molecule has 0 spiro atoms. The molecule has 0 bridgehead atoms. The van der Waals surface area contributed by atoms with Gasteiger partial charge in [-0.25, -0.2) is 5.01 Å². The van der Waals surface area contributed by atoms with Crippen molar-refractivity contribution in [2.75, 3.05) is 12.0 Å². The molecule has 1 aromatic heterocycles. The predicted molar refractivity (Wildman–Crippen MR) is 94.2 cm³/mol. The van der Waals surface area contributed by atoms with Crippen LogP contribution in [0.3, 0.4) is 0 Å². The van der Waals surface area contributed by atoms with Gasteiger partial charge in [-0.2, -0.15) is 10.4 Å². The zero-order valence-electron chi connectivity index (χ0n) is 11.0. The monoisotopic (exact) mass is 410 g/mol. The summed E-state index contributed by atoms with van der Waals surface area (Å²) < 4.78 is 1.92. The summed E-state index contributed by atoms with van der Waals surface area (Å²) in [5, 5.41) is 17.9. The Morgan fingerprint density at radius 1 is 1.67 bits per heavy atom. The highest BCUT2D eigenvalue weighted by molar-refractivity contribution is 14.1. The van der Waals surface area contributed by atoms with Gasteiger partial charge in [0.05, 0.1) is 18.2 Å². The fourth-order valence-corrected chi connectivity index (χ4v) is 2.97. The minimum atomic E-state index is -0.111. The molecular weight excluding hydrogens is 398 g/mol. The maximum Gasteiger partial charge on any atom is 0.125 e. The lowest BCUT2D eigenvalue weighted by molar-refractivity contribution is 0.413. The Balaban J connectivity index is 1.82. The van der Waals surface area contributed by atoms with Crippen LogP contribution in [0.15, 0.2) is 22.4 Å². The third-order valence-electron chi connectivity index (χ3n) is 3.18. The molecule has 0 saturated carbocycles. The van der Waals surface area contributed by atoms with E-state index in [2.05, 4.69) is 65.4 Å². The number of hydrogen-bond acceptors (Lipinski definition) is 5. The molecule has 2 aliphatic heterocycles. The lowest BCUT2D eigenvalue weighted by Gasteiger charge is -2.22. The molecule has 0 aromatic carbocycles. The van der Waals surface area contributed by atoms with Crippen LogP contribution in [0.4, 0.5) is 5.82 Å². The minimum absolute atomic E-state index is 0.0315. The molecule has 0 saturated heterocycles. The van der Waals surface area contributed by atoms with Gasteiger partial charge in [0.25, 0.3) is 0 Å². The topological polar surface area (TPSA) is 68.7 Å². The molecule has 106 valence electrons. The van der Waals surface area contributed by atoms with Crippen LogP contribution in [0.2, 0.25) is 0 Å². The van der Waals surface area contributed by atoms with Crippen molar-refractivity contribution in [3.63, 3.8) is 0 Å². The number of aromatic nitrogens is 1. The lowest BCUT2D eigenvalue weighted by atomic mass is 9.98. The number of rotatable bonds is 3. The first kappa shape index (κ1) is 14.4. The number of nitrogens with one attached hydrogen (secondary N) is 1. The van der Waals surface area contributed by atoms with E-state index in [4.69, 9.17) is 5.26 Å². The van der Waals surface area contributed by atoms with Gasteiger partial charge in [-0.15, -0.1) is 0 Å². The first-order chi connectivity index (χ1) is 10.2. The van der Waals surface area contributed by atoms with Gasteiger partial charge in [0.1, 0.15) is 22.5 Å². The largest absolute Gasteiger partial charge is 0.352 e. The van der Waals surface area contributed by atoms with E-state index >= 15 is 0 Å². The molecule has 8 heteroatoms. The number of anilines is 1. The first-order valence-electron chi connectivity index (χ1n) is 6.31. The van der Waals surface area contributed by atoms with Gasteiger partial charge in [0, 0.05) is 24.0 Å². The summed E-state index contributed by atoms with van der Waals surface area (Å²) in [5.74, 6) is 4.08. The zero-order chi connectivity index (χ0) is 14.8. The third-order valence-corrected chi connectivity index (χ3v) is 4.58. The van der Waals surface area contributed by atoms with Crippen LogP contribution in [0.1, 0.15) is 12.0 Å². The number of aliphatic imine (C=N–C) groups is 1. The second kappa shape index (κ2) is 6.05. The molecule has 0 aliphatic carbocycles. The quantitative estimate of drug-likeness (QED) is 0.272. The third kappa shape index (κ3) is 2.76. The molecule has 3 atom stereocenters. The number of fused-ring (bicyclic) bond motifs is 1. The van der Waals surface area contributed by atoms with Crippen LogP contribution in [-0.4, -0.2) is 32.0 Å². The number of nitriles is 1. The Labute approximate surface area is 138 Å². The summed E-state index contributed by atoms with van der Waals surface area (Å²) >= 11 is 2.17. The second-order valence-corrected chi connectivity index (χ2v) is 6.50. The molecular formula is C13H12IN6P. The molecule has 3 rings (SSSR count). The van der Waals surface area contributed by atoms with E-state index in [1.54, 1.807) is 11.2 Å². The highest BCUT2D eigenvalue weighted by Gasteiger charge is 2.24. The highest BCUT2D eigenvalue weighted by Crippen LogP contribution is 2.26. The summed E-state index contributed by atoms with van der Waals surface area (Å²) in [6.07, 6.45) is 4.16. The molecule has 1 aromatic rings. The van der Waals surface area contributed by atoms with Gasteiger partial charge in [-0.3, -0.25) is 4.99 Å². The molecule has 0 amide bonds. The van der Waals surface area contributed by atoms with Crippen LogP contribution in [0.25, 0.3) is 0 Å². The number of alkyl halides is 1. The van der Waals surface area contributed by atoms with Crippen LogP contribution < -0.4 is 5.32 Å². The summed E-state index contributed by atoms with van der Waals surface area (Å²) in [4.78, 5) is 4.53. The Hall–Kier alpha value is -1.57. The highest BCUT2D eigenvalue weighted by atomic mass is 127. The standard InChI is InChI=1S/C13H12IN6P/c14-11(1-4-15)19-5-2-9(7-18-19)12-10-3-6-20(21)13(10)17-8-16-12/h3,6-7,9,11,17H,1,8,21H2/t9-,11?/m1/s1. The van der Waals surface area contributed by atoms with Crippen LogP contribution >= 0.6 is 32.0 Å². The van der Waals surface area contributed by atoms with Crippen molar-refractivity contribution in [1.82, 2.24) is 9.35 Å². The molecule has 2 unspecified atom stereocenters. The number of hydrazone groups is 1. The smallest absolute Gasteiger partial charge is 0.125 e. The Morgan fingerprint density at radius 3 is 3.24 bits per heavy atom. The van der Waals surface area contributed by atoms with Crippen molar-refractivity contribution in [1.29, 1.82) is 5.26 Å². The SMILES string of the molecule is N#CCC(I)N1C#C[C@@H](C2=NCNc3c2ccn3P)C=N1. The molecule has 2 aliphatic rings. The molecule has 0 fully saturated rings. The van der Waals surface area contributed by atoms with Crippen LogP contribution in [-0.2, 0) is 0 Å². The molecule has 21 heavy (non-hydrogen) atoms. The predicted octanol–water partition coefficient (Wildman–Crippen LogP) is 1.85. The van der Waals surface area contributed by atoms with E-state index in [0.717, 1.165) is 17.1 Å². The first-order valence-corrected chi connectivity index (χ1v) is 8.07. The second-order valence-electron chi connectivity index (χ2n) is 4.50. The van der Waals surface area contributed by atoms with E-state index in [1.165, 1.54) is 0 Å². The van der Waals surface area contributed by atoms with Gasteiger partial charge < -0.3 is 9.65 Å². The average molecular weight is 410 g/mol. The number of halogens is 1. The Kier molecular flexibility index (Phi) is 4.14. The summed E-state index contributed by atoms with van der Waals surface area (Å²) in [6.45, 7) is 0.541. The normalized spacial score (nSPS) is 20.5. The lowest BCUT2D eigenvalue weighted by Crippen LogP contribution is -2.29. The Bertz CT molecular complexity index is 719. The fourth-order valence-electron chi connectivity index (χ4n) is 2.17. The van der Waals surface area contributed by atoms with E-state index in [9.17, 15) is 0 Å². The van der Waals surface area contributed by atoms with Gasteiger partial charge in [0.2, 0.25) is 0 Å². The van der Waals surface area contributed by atoms with Gasteiger partial charge in [-0.1, -0.05) is 28.5 Å². The van der Waals surface area contributed by atoms with E-state index in [1.807, 2.05) is 16.6 Å². The maximum absolute atomic E-state index is 8.72. The molecule has 1 N–H and O–H groups in total. The maximum atomic E-state index is 8.72. The van der Waals surface area contributed by atoms with Crippen molar-refractivity contribution >= 4 is 49.7 Å². The number of nitrogens with zero attached hydrogens (tertiary/aromatic N) is 5. The summed E-state index contributed by atoms with van der Waals surface area (Å²) in [6, 6.07) is 7.15. The van der Waals surface area contributed by atoms with Gasteiger partial charge >= 0.3 is 0 Å². The summed E-state index contributed by atoms with van der Waals surface area (Å²) in [7, 11) is 2.64. The molecule has 3 heterocycles. The Morgan fingerprint density at radius 2 is 2.52 bits per heavy atom. The van der Waals surface area contributed by atoms with E-state index in [0.29, 0.717) is 13.1 Å². The zero-order valence-corrected chi connectivity index (χ0v) is 14.3. The van der Waals surface area contributed by atoms with Gasteiger partial charge in [-0.05, 0) is 15.5 Å². The molecule has 0 radical (unpaired) electrons. The van der Waals surface area contributed by atoms with Crippen molar-refractivity contribution in [2.45, 2.75) is 10.5 Å². The number of hydrogen-bond donors (Lipinski definition) is 1. The fraction of sp³-hybridized carbons (Fsp3) is 0.308. The van der Waals surface area contributed by atoms with Crippen LogP contribution in [0, 0.1) is 29.2 Å².